The third-order valence-corrected chi connectivity index (χ3v) is 3.68. The van der Waals surface area contributed by atoms with E-state index in [-0.39, 0.29) is 0 Å². The SMILES string of the molecule is CN[C@@H](Cc1ccc(OCCCc2cccc(N)n2)cc1)C(=O)O. The number of hydrogen-bond donors (Lipinski definition) is 3. The van der Waals surface area contributed by atoms with Gasteiger partial charge in [-0.15, -0.1) is 0 Å². The Bertz CT molecular complexity index is 659. The predicted molar refractivity (Wildman–Crippen MR) is 93.1 cm³/mol. The fourth-order valence-electron chi connectivity index (χ4n) is 2.35. The standard InChI is InChI=1S/C18H23N3O3/c1-20-16(18(22)23)12-13-7-9-15(10-8-13)24-11-3-5-14-4-2-6-17(19)21-14/h2,4,6-10,16,20H,3,5,11-12H2,1H3,(H2,19,21)(H,22,23)/t16-/m0/s1. The van der Waals surface area contributed by atoms with Gasteiger partial charge in [-0.2, -0.15) is 0 Å². The van der Waals surface area contributed by atoms with Crippen molar-refractivity contribution in [3.8, 4) is 5.75 Å². The molecule has 0 bridgehead atoms. The Labute approximate surface area is 141 Å². The van der Waals surface area contributed by atoms with Crippen LogP contribution in [-0.4, -0.2) is 35.8 Å². The summed E-state index contributed by atoms with van der Waals surface area (Å²) in [5.41, 5.74) is 7.56. The lowest BCUT2D eigenvalue weighted by Crippen LogP contribution is -2.35. The van der Waals surface area contributed by atoms with E-state index in [9.17, 15) is 4.79 Å². The van der Waals surface area contributed by atoms with E-state index in [1.54, 1.807) is 13.1 Å². The highest BCUT2D eigenvalue weighted by molar-refractivity contribution is 5.73. The van der Waals surface area contributed by atoms with Gasteiger partial charge in [-0.3, -0.25) is 4.79 Å². The fourth-order valence-corrected chi connectivity index (χ4v) is 2.35. The van der Waals surface area contributed by atoms with Crippen LogP contribution in [-0.2, 0) is 17.6 Å². The van der Waals surface area contributed by atoms with Crippen molar-refractivity contribution in [3.63, 3.8) is 0 Å². The molecule has 0 saturated carbocycles. The van der Waals surface area contributed by atoms with Crippen molar-refractivity contribution in [3.05, 3.63) is 53.7 Å². The molecule has 0 fully saturated rings. The Kier molecular flexibility index (Phi) is 6.57. The summed E-state index contributed by atoms with van der Waals surface area (Å²) >= 11 is 0. The molecule has 128 valence electrons. The Balaban J connectivity index is 1.76. The maximum atomic E-state index is 11.0. The van der Waals surface area contributed by atoms with Gasteiger partial charge >= 0.3 is 5.97 Å². The molecule has 0 aliphatic carbocycles. The van der Waals surface area contributed by atoms with Gasteiger partial charge in [0.15, 0.2) is 0 Å². The van der Waals surface area contributed by atoms with Crippen LogP contribution in [0.25, 0.3) is 0 Å². The van der Waals surface area contributed by atoms with Crippen molar-refractivity contribution in [2.24, 2.45) is 0 Å². The summed E-state index contributed by atoms with van der Waals surface area (Å²) in [5.74, 6) is 0.453. The van der Waals surface area contributed by atoms with E-state index in [1.165, 1.54) is 0 Å². The monoisotopic (exact) mass is 329 g/mol. The van der Waals surface area contributed by atoms with Crippen LogP contribution in [0.3, 0.4) is 0 Å². The van der Waals surface area contributed by atoms with Crippen LogP contribution in [0, 0.1) is 0 Å². The Morgan fingerprint density at radius 1 is 1.29 bits per heavy atom. The van der Waals surface area contributed by atoms with Crippen molar-refractivity contribution in [2.75, 3.05) is 19.4 Å². The van der Waals surface area contributed by atoms with Gasteiger partial charge in [0.1, 0.15) is 17.6 Å². The minimum Gasteiger partial charge on any atom is -0.494 e. The highest BCUT2D eigenvalue weighted by Gasteiger charge is 2.14. The number of nitrogens with two attached hydrogens (primary N) is 1. The maximum absolute atomic E-state index is 11.0. The molecule has 0 aliphatic heterocycles. The van der Waals surface area contributed by atoms with Gasteiger partial charge in [0.25, 0.3) is 0 Å². The molecule has 24 heavy (non-hydrogen) atoms. The van der Waals surface area contributed by atoms with E-state index in [4.69, 9.17) is 15.6 Å². The van der Waals surface area contributed by atoms with E-state index < -0.39 is 12.0 Å². The lowest BCUT2D eigenvalue weighted by molar-refractivity contribution is -0.139. The zero-order chi connectivity index (χ0) is 17.4. The molecule has 4 N–H and O–H groups in total. The Morgan fingerprint density at radius 3 is 2.67 bits per heavy atom. The minimum atomic E-state index is -0.854. The molecule has 0 spiro atoms. The molecule has 0 aliphatic rings. The molecule has 0 amide bonds. The number of aromatic nitrogens is 1. The molecule has 1 heterocycles. The zero-order valence-electron chi connectivity index (χ0n) is 13.7. The van der Waals surface area contributed by atoms with Gasteiger partial charge in [-0.1, -0.05) is 18.2 Å². The number of carboxylic acids is 1. The van der Waals surface area contributed by atoms with Crippen LogP contribution in [0.1, 0.15) is 17.7 Å². The van der Waals surface area contributed by atoms with Gasteiger partial charge in [0.2, 0.25) is 0 Å². The van der Waals surface area contributed by atoms with Crippen molar-refractivity contribution in [1.82, 2.24) is 10.3 Å². The molecular weight excluding hydrogens is 306 g/mol. The lowest BCUT2D eigenvalue weighted by Gasteiger charge is -2.12. The van der Waals surface area contributed by atoms with E-state index in [0.717, 1.165) is 29.8 Å². The molecule has 0 saturated heterocycles. The number of hydrogen-bond acceptors (Lipinski definition) is 5. The number of rotatable bonds is 9. The summed E-state index contributed by atoms with van der Waals surface area (Å²) in [4.78, 5) is 15.3. The average molecular weight is 329 g/mol. The summed E-state index contributed by atoms with van der Waals surface area (Å²) < 4.78 is 5.70. The number of nitrogens with one attached hydrogen (secondary N) is 1. The van der Waals surface area contributed by atoms with Crippen molar-refractivity contribution in [2.45, 2.75) is 25.3 Å². The summed E-state index contributed by atoms with van der Waals surface area (Å²) in [6.07, 6.45) is 2.10. The van der Waals surface area contributed by atoms with E-state index in [0.29, 0.717) is 18.8 Å². The van der Waals surface area contributed by atoms with Crippen LogP contribution in [0.15, 0.2) is 42.5 Å². The minimum absolute atomic E-state index is 0.438. The molecule has 1 atom stereocenters. The van der Waals surface area contributed by atoms with Crippen LogP contribution in [0.4, 0.5) is 5.82 Å². The summed E-state index contributed by atoms with van der Waals surface area (Å²) in [5, 5.41) is 11.8. The van der Waals surface area contributed by atoms with Gasteiger partial charge in [0, 0.05) is 5.69 Å². The number of anilines is 1. The quantitative estimate of drug-likeness (QED) is 0.608. The normalized spacial score (nSPS) is 11.9. The number of aryl methyl sites for hydroxylation is 1. The number of benzene rings is 1. The first-order valence-electron chi connectivity index (χ1n) is 7.91. The first kappa shape index (κ1) is 17.7. The Morgan fingerprint density at radius 2 is 2.04 bits per heavy atom. The molecular formula is C18H23N3O3. The molecule has 2 rings (SSSR count). The zero-order valence-corrected chi connectivity index (χ0v) is 13.7. The second-order valence-corrected chi connectivity index (χ2v) is 5.53. The number of carbonyl (C=O) groups is 1. The highest BCUT2D eigenvalue weighted by Crippen LogP contribution is 2.14. The second-order valence-electron chi connectivity index (χ2n) is 5.53. The molecule has 0 unspecified atom stereocenters. The van der Waals surface area contributed by atoms with Crippen molar-refractivity contribution < 1.29 is 14.6 Å². The van der Waals surface area contributed by atoms with E-state index >= 15 is 0 Å². The fraction of sp³-hybridized carbons (Fsp3) is 0.333. The van der Waals surface area contributed by atoms with Gasteiger partial charge in [0.05, 0.1) is 6.61 Å². The highest BCUT2D eigenvalue weighted by atomic mass is 16.5. The molecule has 6 nitrogen and oxygen atoms in total. The third kappa shape index (κ3) is 5.55. The van der Waals surface area contributed by atoms with Crippen LogP contribution < -0.4 is 15.8 Å². The largest absolute Gasteiger partial charge is 0.494 e. The smallest absolute Gasteiger partial charge is 0.321 e. The molecule has 6 heteroatoms. The molecule has 1 aromatic heterocycles. The van der Waals surface area contributed by atoms with Gasteiger partial charge in [-0.25, -0.2) is 4.98 Å². The van der Waals surface area contributed by atoms with Crippen molar-refractivity contribution >= 4 is 11.8 Å². The molecule has 1 aromatic carbocycles. The number of likely N-dealkylation sites (N-methyl/N-ethyl adjacent to an activating group) is 1. The summed E-state index contributed by atoms with van der Waals surface area (Å²) in [7, 11) is 1.64. The van der Waals surface area contributed by atoms with Crippen LogP contribution >= 0.6 is 0 Å². The summed E-state index contributed by atoms with van der Waals surface area (Å²) in [6.45, 7) is 0.587. The number of nitrogen functional groups attached to an aromatic ring is 1. The number of ether oxygens (including phenoxy) is 1. The molecule has 2 aromatic rings. The molecule has 0 radical (unpaired) electrons. The summed E-state index contributed by atoms with van der Waals surface area (Å²) in [6, 6.07) is 12.5. The third-order valence-electron chi connectivity index (χ3n) is 3.68. The van der Waals surface area contributed by atoms with E-state index in [1.807, 2.05) is 36.4 Å². The number of nitrogens with zero attached hydrogens (tertiary/aromatic N) is 1. The first-order chi connectivity index (χ1) is 11.6. The topological polar surface area (TPSA) is 97.5 Å². The van der Waals surface area contributed by atoms with Gasteiger partial charge < -0.3 is 20.9 Å². The van der Waals surface area contributed by atoms with Crippen LogP contribution in [0.2, 0.25) is 0 Å². The van der Waals surface area contributed by atoms with E-state index in [2.05, 4.69) is 10.3 Å². The number of carboxylic acid groups (broad SMARTS) is 1. The lowest BCUT2D eigenvalue weighted by atomic mass is 10.1. The van der Waals surface area contributed by atoms with Gasteiger partial charge in [-0.05, 0) is 56.1 Å². The average Bonchev–Trinajstić information content (AvgIpc) is 2.57. The first-order valence-corrected chi connectivity index (χ1v) is 7.91. The second kappa shape index (κ2) is 8.88. The van der Waals surface area contributed by atoms with Crippen molar-refractivity contribution in [1.29, 1.82) is 0 Å². The predicted octanol–water partition coefficient (Wildman–Crippen LogP) is 1.89. The maximum Gasteiger partial charge on any atom is 0.321 e. The Hall–Kier alpha value is -2.60. The van der Waals surface area contributed by atoms with Crippen LogP contribution in [0.5, 0.6) is 5.75 Å². The number of pyridine rings is 1. The number of aliphatic carboxylic acids is 1.